The summed E-state index contributed by atoms with van der Waals surface area (Å²) in [6, 6.07) is 10.3. The van der Waals surface area contributed by atoms with E-state index >= 15 is 0 Å². The highest BCUT2D eigenvalue weighted by Crippen LogP contribution is 2.37. The Morgan fingerprint density at radius 1 is 1.27 bits per heavy atom. The summed E-state index contributed by atoms with van der Waals surface area (Å²) in [6.07, 6.45) is 2.90. The van der Waals surface area contributed by atoms with Crippen LogP contribution >= 0.6 is 27.5 Å². The molecular weight excluding hydrogens is 428 g/mol. The third-order valence-electron chi connectivity index (χ3n) is 5.16. The van der Waals surface area contributed by atoms with E-state index in [0.717, 1.165) is 22.5 Å². The van der Waals surface area contributed by atoms with E-state index in [1.54, 1.807) is 0 Å². The van der Waals surface area contributed by atoms with Crippen LogP contribution in [-0.4, -0.2) is 26.5 Å². The van der Waals surface area contributed by atoms with Gasteiger partial charge in [-0.15, -0.1) is 0 Å². The second kappa shape index (κ2) is 9.07. The molecule has 1 aromatic carbocycles. The van der Waals surface area contributed by atoms with Crippen LogP contribution in [0.1, 0.15) is 38.1 Å². The molecular formula is C20H30BrClN2OSi. The molecule has 0 aliphatic carbocycles. The van der Waals surface area contributed by atoms with Gasteiger partial charge in [0, 0.05) is 27.9 Å². The zero-order valence-electron chi connectivity index (χ0n) is 16.3. The molecule has 0 spiro atoms. The van der Waals surface area contributed by atoms with Gasteiger partial charge in [0.1, 0.15) is 0 Å². The average molecular weight is 458 g/mol. The first kappa shape index (κ1) is 21.7. The average Bonchev–Trinajstić information content (AvgIpc) is 2.95. The van der Waals surface area contributed by atoms with E-state index in [0.29, 0.717) is 6.61 Å². The highest BCUT2D eigenvalue weighted by Gasteiger charge is 2.37. The summed E-state index contributed by atoms with van der Waals surface area (Å²) in [6.45, 7) is 12.9. The third kappa shape index (κ3) is 6.24. The zero-order chi connectivity index (χ0) is 19.4. The van der Waals surface area contributed by atoms with Crippen molar-refractivity contribution in [2.24, 2.45) is 0 Å². The molecule has 0 radical (unpaired) electrons. The molecule has 3 nitrogen and oxygen atoms in total. The van der Waals surface area contributed by atoms with Crippen LogP contribution in [0.4, 0.5) is 0 Å². The minimum atomic E-state index is -1.80. The number of hydrogen-bond acceptors (Lipinski definition) is 2. The third-order valence-corrected chi connectivity index (χ3v) is 10.4. The summed E-state index contributed by atoms with van der Waals surface area (Å²) in [5, 5.41) is 4.60. The Balaban J connectivity index is 2.04. The maximum atomic E-state index is 6.48. The predicted octanol–water partition coefficient (Wildman–Crippen LogP) is 6.33. The van der Waals surface area contributed by atoms with Crippen LogP contribution in [0, 0.1) is 0 Å². The summed E-state index contributed by atoms with van der Waals surface area (Å²) in [4.78, 5) is 3.27. The fourth-order valence-electron chi connectivity index (χ4n) is 2.44. The van der Waals surface area contributed by atoms with Gasteiger partial charge in [0.05, 0.1) is 12.6 Å². The van der Waals surface area contributed by atoms with Gasteiger partial charge in [-0.2, -0.15) is 0 Å². The van der Waals surface area contributed by atoms with Crippen LogP contribution in [0.25, 0.3) is 0 Å². The summed E-state index contributed by atoms with van der Waals surface area (Å²) in [7, 11) is -1.80. The Labute approximate surface area is 172 Å². The molecule has 1 heterocycles. The van der Waals surface area contributed by atoms with Crippen LogP contribution in [0.5, 0.6) is 0 Å². The summed E-state index contributed by atoms with van der Waals surface area (Å²) < 4.78 is 7.56. The van der Waals surface area contributed by atoms with Gasteiger partial charge in [-0.05, 0) is 64.2 Å². The predicted molar refractivity (Wildman–Crippen MR) is 118 cm³/mol. The summed E-state index contributed by atoms with van der Waals surface area (Å²) in [5.74, 6) is 0. The van der Waals surface area contributed by atoms with E-state index < -0.39 is 8.32 Å². The second-order valence-electron chi connectivity index (χ2n) is 8.23. The molecule has 1 aromatic heterocycles. The smallest absolute Gasteiger partial charge is 0.192 e. The van der Waals surface area contributed by atoms with Crippen molar-refractivity contribution in [1.82, 2.24) is 10.3 Å². The van der Waals surface area contributed by atoms with Gasteiger partial charge in [0.15, 0.2) is 8.32 Å². The van der Waals surface area contributed by atoms with Crippen molar-refractivity contribution in [2.75, 3.05) is 13.2 Å². The first-order valence-corrected chi connectivity index (χ1v) is 13.1. The van der Waals surface area contributed by atoms with E-state index in [9.17, 15) is 0 Å². The Hall–Kier alpha value is -0.593. The lowest BCUT2D eigenvalue weighted by molar-refractivity contribution is 0.244. The number of halogens is 2. The summed E-state index contributed by atoms with van der Waals surface area (Å²) >= 11 is 9.70. The number of hydrogen-bond donors (Lipinski definition) is 2. The highest BCUT2D eigenvalue weighted by atomic mass is 79.9. The molecule has 0 bridgehead atoms. The first-order chi connectivity index (χ1) is 12.1. The zero-order valence-corrected chi connectivity index (χ0v) is 19.7. The number of benzene rings is 1. The standard InChI is InChI=1S/C20H30BrClN2OSi/c1-20(2,3)26(4,5)25-14-19(15-7-6-8-17(22)11-15)23-10-9-18-12-16(21)13-24-18/h6-8,11-13,19,23-24H,9-10,14H2,1-5H3/t19-/m1/s1. The van der Waals surface area contributed by atoms with Crippen LogP contribution in [0.2, 0.25) is 23.2 Å². The Bertz CT molecular complexity index is 712. The second-order valence-corrected chi connectivity index (χ2v) is 14.4. The van der Waals surface area contributed by atoms with Gasteiger partial charge in [-0.3, -0.25) is 0 Å². The fourth-order valence-corrected chi connectivity index (χ4v) is 4.05. The van der Waals surface area contributed by atoms with E-state index in [-0.39, 0.29) is 11.1 Å². The van der Waals surface area contributed by atoms with E-state index in [1.165, 1.54) is 11.3 Å². The number of H-pyrrole nitrogens is 1. The van der Waals surface area contributed by atoms with Crippen molar-refractivity contribution >= 4 is 35.8 Å². The van der Waals surface area contributed by atoms with Crippen molar-refractivity contribution < 1.29 is 4.43 Å². The highest BCUT2D eigenvalue weighted by molar-refractivity contribution is 9.10. The monoisotopic (exact) mass is 456 g/mol. The SMILES string of the molecule is CC(C)(C)[Si](C)(C)OC[C@@H](NCCc1cc(Br)c[nH]1)c1cccc(Cl)c1. The molecule has 0 aliphatic heterocycles. The van der Waals surface area contributed by atoms with Gasteiger partial charge >= 0.3 is 0 Å². The lowest BCUT2D eigenvalue weighted by atomic mass is 10.1. The maximum absolute atomic E-state index is 6.48. The van der Waals surface area contributed by atoms with Crippen molar-refractivity contribution in [1.29, 1.82) is 0 Å². The molecule has 0 aliphatic rings. The number of aromatic amines is 1. The molecule has 26 heavy (non-hydrogen) atoms. The maximum Gasteiger partial charge on any atom is 0.192 e. The van der Waals surface area contributed by atoms with Crippen LogP contribution in [-0.2, 0) is 10.8 Å². The molecule has 144 valence electrons. The van der Waals surface area contributed by atoms with Gasteiger partial charge in [0.25, 0.3) is 0 Å². The minimum Gasteiger partial charge on any atom is -0.415 e. The molecule has 0 fully saturated rings. The molecule has 0 saturated carbocycles. The lowest BCUT2D eigenvalue weighted by Gasteiger charge is -2.37. The molecule has 1 atom stereocenters. The van der Waals surface area contributed by atoms with E-state index in [4.69, 9.17) is 16.0 Å². The molecule has 0 amide bonds. The van der Waals surface area contributed by atoms with Gasteiger partial charge in [-0.1, -0.05) is 44.5 Å². The number of rotatable bonds is 8. The van der Waals surface area contributed by atoms with Gasteiger partial charge in [0.2, 0.25) is 0 Å². The van der Waals surface area contributed by atoms with Crippen molar-refractivity contribution in [3.63, 3.8) is 0 Å². The Morgan fingerprint density at radius 2 is 2.00 bits per heavy atom. The normalized spacial score (nSPS) is 13.8. The Kier molecular flexibility index (Phi) is 7.57. The van der Waals surface area contributed by atoms with Gasteiger partial charge < -0.3 is 14.7 Å². The molecule has 0 unspecified atom stereocenters. The molecule has 0 saturated heterocycles. The van der Waals surface area contributed by atoms with E-state index in [2.05, 4.69) is 72.2 Å². The largest absolute Gasteiger partial charge is 0.415 e. The fraction of sp³-hybridized carbons (Fsp3) is 0.500. The topological polar surface area (TPSA) is 37.0 Å². The molecule has 2 N–H and O–H groups in total. The number of aromatic nitrogens is 1. The molecule has 6 heteroatoms. The quantitative estimate of drug-likeness (QED) is 0.455. The summed E-state index contributed by atoms with van der Waals surface area (Å²) in [5.41, 5.74) is 2.38. The van der Waals surface area contributed by atoms with Crippen LogP contribution in [0.3, 0.4) is 0 Å². The Morgan fingerprint density at radius 3 is 2.58 bits per heavy atom. The first-order valence-electron chi connectivity index (χ1n) is 9.04. The minimum absolute atomic E-state index is 0.126. The number of nitrogens with one attached hydrogen (secondary N) is 2. The van der Waals surface area contributed by atoms with Crippen molar-refractivity contribution in [3.05, 3.63) is 57.3 Å². The van der Waals surface area contributed by atoms with Gasteiger partial charge in [-0.25, -0.2) is 0 Å². The lowest BCUT2D eigenvalue weighted by Crippen LogP contribution is -2.43. The van der Waals surface area contributed by atoms with Crippen molar-refractivity contribution in [2.45, 2.75) is 51.4 Å². The molecule has 2 rings (SSSR count). The molecule has 2 aromatic rings. The van der Waals surface area contributed by atoms with Crippen LogP contribution in [0.15, 0.2) is 41.0 Å². The van der Waals surface area contributed by atoms with E-state index in [1.807, 2.05) is 24.4 Å². The van der Waals surface area contributed by atoms with Crippen molar-refractivity contribution in [3.8, 4) is 0 Å². The van der Waals surface area contributed by atoms with Crippen LogP contribution < -0.4 is 5.32 Å².